The molecule has 86 valence electrons. The average molecular weight is 228 g/mol. The van der Waals surface area contributed by atoms with E-state index < -0.39 is 0 Å². The number of ketones is 1. The Morgan fingerprint density at radius 1 is 1.18 bits per heavy atom. The smallest absolute Gasteiger partial charge is 0.336 e. The summed E-state index contributed by atoms with van der Waals surface area (Å²) in [6, 6.07) is 5.21. The lowest BCUT2D eigenvalue weighted by Gasteiger charge is -2.16. The first-order chi connectivity index (χ1) is 8.16. The van der Waals surface area contributed by atoms with E-state index in [0.29, 0.717) is 12.0 Å². The van der Waals surface area contributed by atoms with Gasteiger partial charge in [-0.3, -0.25) is 4.79 Å². The summed E-state index contributed by atoms with van der Waals surface area (Å²) in [4.78, 5) is 23.2. The van der Waals surface area contributed by atoms with Crippen LogP contribution in [0.15, 0.2) is 27.4 Å². The van der Waals surface area contributed by atoms with Crippen LogP contribution in [-0.4, -0.2) is 5.78 Å². The molecular weight excluding hydrogens is 216 g/mol. The highest BCUT2D eigenvalue weighted by Gasteiger charge is 2.21. The van der Waals surface area contributed by atoms with E-state index in [1.54, 1.807) is 0 Å². The molecule has 17 heavy (non-hydrogen) atoms. The molecule has 0 saturated heterocycles. The Balaban J connectivity index is 2.45. The van der Waals surface area contributed by atoms with Crippen molar-refractivity contribution in [2.45, 2.75) is 26.2 Å². The Morgan fingerprint density at radius 3 is 2.82 bits per heavy atom. The van der Waals surface area contributed by atoms with Crippen LogP contribution in [0.1, 0.15) is 34.3 Å². The maximum Gasteiger partial charge on any atom is 0.336 e. The molecule has 3 nitrogen and oxygen atoms in total. The van der Waals surface area contributed by atoms with Crippen molar-refractivity contribution >= 4 is 16.8 Å². The monoisotopic (exact) mass is 228 g/mol. The fraction of sp³-hybridized carbons (Fsp3) is 0.286. The highest BCUT2D eigenvalue weighted by Crippen LogP contribution is 2.29. The summed E-state index contributed by atoms with van der Waals surface area (Å²) >= 11 is 0. The summed E-state index contributed by atoms with van der Waals surface area (Å²) in [7, 11) is 0. The number of fused-ring (bicyclic) bond motifs is 3. The van der Waals surface area contributed by atoms with E-state index in [1.165, 1.54) is 6.07 Å². The zero-order valence-electron chi connectivity index (χ0n) is 9.58. The largest absolute Gasteiger partial charge is 0.422 e. The number of hydrogen-bond donors (Lipinski definition) is 0. The molecule has 0 N–H and O–H groups in total. The molecule has 0 aliphatic heterocycles. The first-order valence-electron chi connectivity index (χ1n) is 5.76. The Morgan fingerprint density at radius 2 is 2.00 bits per heavy atom. The third-order valence-corrected chi connectivity index (χ3v) is 3.35. The summed E-state index contributed by atoms with van der Waals surface area (Å²) < 4.78 is 5.28. The molecule has 2 aromatic rings. The summed E-state index contributed by atoms with van der Waals surface area (Å²) in [6.45, 7) is 1.89. The van der Waals surface area contributed by atoms with Crippen molar-refractivity contribution in [1.82, 2.24) is 0 Å². The zero-order chi connectivity index (χ0) is 12.0. The summed E-state index contributed by atoms with van der Waals surface area (Å²) in [6.07, 6.45) is 2.24. The SMILES string of the molecule is Cc1cc(=O)oc2c3c(ccc12)C(=O)CCC3. The quantitative estimate of drug-likeness (QED) is 0.651. The summed E-state index contributed by atoms with van der Waals surface area (Å²) in [5.74, 6) is 0.150. The molecule has 0 fully saturated rings. The van der Waals surface area contributed by atoms with Crippen molar-refractivity contribution in [3.63, 3.8) is 0 Å². The molecule has 3 rings (SSSR count). The number of carbonyl (C=O) groups is 1. The number of benzene rings is 1. The van der Waals surface area contributed by atoms with Crippen molar-refractivity contribution in [3.8, 4) is 0 Å². The minimum absolute atomic E-state index is 0.150. The fourth-order valence-corrected chi connectivity index (χ4v) is 2.51. The van der Waals surface area contributed by atoms with Crippen LogP contribution in [0.5, 0.6) is 0 Å². The van der Waals surface area contributed by atoms with Gasteiger partial charge in [-0.25, -0.2) is 4.79 Å². The van der Waals surface area contributed by atoms with Gasteiger partial charge in [0.2, 0.25) is 0 Å². The van der Waals surface area contributed by atoms with E-state index in [9.17, 15) is 9.59 Å². The van der Waals surface area contributed by atoms with Crippen molar-refractivity contribution in [3.05, 3.63) is 45.3 Å². The van der Waals surface area contributed by atoms with Gasteiger partial charge in [-0.1, -0.05) is 12.1 Å². The second-order valence-corrected chi connectivity index (χ2v) is 4.49. The molecule has 1 heterocycles. The van der Waals surface area contributed by atoms with E-state index >= 15 is 0 Å². The lowest BCUT2D eigenvalue weighted by atomic mass is 9.88. The molecule has 1 aromatic carbocycles. The van der Waals surface area contributed by atoms with Crippen LogP contribution in [-0.2, 0) is 6.42 Å². The zero-order valence-corrected chi connectivity index (χ0v) is 9.58. The third kappa shape index (κ3) is 1.50. The summed E-state index contributed by atoms with van der Waals surface area (Å²) in [5.41, 5.74) is 2.77. The van der Waals surface area contributed by atoms with Gasteiger partial charge in [-0.15, -0.1) is 0 Å². The van der Waals surface area contributed by atoms with Crippen LogP contribution in [0.4, 0.5) is 0 Å². The molecule has 0 spiro atoms. The number of rotatable bonds is 0. The van der Waals surface area contributed by atoms with Crippen LogP contribution in [0.2, 0.25) is 0 Å². The molecule has 0 amide bonds. The molecule has 3 heteroatoms. The lowest BCUT2D eigenvalue weighted by Crippen LogP contribution is -2.12. The van der Waals surface area contributed by atoms with E-state index in [0.717, 1.165) is 34.9 Å². The molecule has 0 saturated carbocycles. The van der Waals surface area contributed by atoms with Crippen LogP contribution in [0, 0.1) is 6.92 Å². The molecule has 1 aromatic heterocycles. The van der Waals surface area contributed by atoms with Gasteiger partial charge in [0, 0.05) is 29.0 Å². The van der Waals surface area contributed by atoms with E-state index in [-0.39, 0.29) is 11.4 Å². The molecule has 0 radical (unpaired) electrons. The second kappa shape index (κ2) is 3.55. The van der Waals surface area contributed by atoms with Crippen LogP contribution in [0.3, 0.4) is 0 Å². The van der Waals surface area contributed by atoms with E-state index in [4.69, 9.17) is 4.42 Å². The average Bonchev–Trinajstić information content (AvgIpc) is 2.29. The molecule has 0 bridgehead atoms. The van der Waals surface area contributed by atoms with Crippen molar-refractivity contribution in [1.29, 1.82) is 0 Å². The molecule has 1 aliphatic rings. The fourth-order valence-electron chi connectivity index (χ4n) is 2.51. The number of Topliss-reactive ketones (excluding diaryl/α,β-unsaturated/α-hetero) is 1. The normalized spacial score (nSPS) is 15.0. The standard InChI is InChI=1S/C14H12O3/c1-8-7-13(16)17-14-9(8)5-6-10-11(14)3-2-4-12(10)15/h5-7H,2-4H2,1H3. The van der Waals surface area contributed by atoms with Gasteiger partial charge >= 0.3 is 5.63 Å². The van der Waals surface area contributed by atoms with Gasteiger partial charge in [-0.2, -0.15) is 0 Å². The Hall–Kier alpha value is -1.90. The first-order valence-corrected chi connectivity index (χ1v) is 5.76. The molecule has 0 atom stereocenters. The topological polar surface area (TPSA) is 47.3 Å². The van der Waals surface area contributed by atoms with Gasteiger partial charge in [0.25, 0.3) is 0 Å². The van der Waals surface area contributed by atoms with Gasteiger partial charge < -0.3 is 4.42 Å². The molecule has 1 aliphatic carbocycles. The second-order valence-electron chi connectivity index (χ2n) is 4.49. The Labute approximate surface area is 98.1 Å². The van der Waals surface area contributed by atoms with Gasteiger partial charge in [-0.05, 0) is 25.3 Å². The Bertz CT molecular complexity index is 680. The molecular formula is C14H12O3. The van der Waals surface area contributed by atoms with Crippen molar-refractivity contribution in [2.24, 2.45) is 0 Å². The lowest BCUT2D eigenvalue weighted by molar-refractivity contribution is 0.0972. The summed E-state index contributed by atoms with van der Waals surface area (Å²) in [5, 5.41) is 0.929. The minimum atomic E-state index is -0.346. The predicted octanol–water partition coefficient (Wildman–Crippen LogP) is 2.62. The maximum atomic E-state index is 11.8. The van der Waals surface area contributed by atoms with Crippen LogP contribution >= 0.6 is 0 Å². The van der Waals surface area contributed by atoms with Crippen molar-refractivity contribution in [2.75, 3.05) is 0 Å². The van der Waals surface area contributed by atoms with Gasteiger partial charge in [0.05, 0.1) is 0 Å². The highest BCUT2D eigenvalue weighted by atomic mass is 16.4. The van der Waals surface area contributed by atoms with Crippen molar-refractivity contribution < 1.29 is 9.21 Å². The first kappa shape index (κ1) is 10.3. The van der Waals surface area contributed by atoms with E-state index in [2.05, 4.69) is 0 Å². The van der Waals surface area contributed by atoms with Crippen LogP contribution < -0.4 is 5.63 Å². The number of hydrogen-bond acceptors (Lipinski definition) is 3. The third-order valence-electron chi connectivity index (χ3n) is 3.35. The van der Waals surface area contributed by atoms with Crippen LogP contribution in [0.25, 0.3) is 11.0 Å². The van der Waals surface area contributed by atoms with E-state index in [1.807, 2.05) is 19.1 Å². The minimum Gasteiger partial charge on any atom is -0.422 e. The predicted molar refractivity (Wildman–Crippen MR) is 64.5 cm³/mol. The number of aryl methyl sites for hydroxylation is 2. The van der Waals surface area contributed by atoms with Gasteiger partial charge in [0.15, 0.2) is 5.78 Å². The maximum absolute atomic E-state index is 11.8. The molecule has 0 unspecified atom stereocenters. The Kier molecular flexibility index (Phi) is 2.15. The highest BCUT2D eigenvalue weighted by molar-refractivity contribution is 6.02. The number of carbonyl (C=O) groups excluding carboxylic acids is 1. The van der Waals surface area contributed by atoms with Gasteiger partial charge in [0.1, 0.15) is 5.58 Å².